The van der Waals surface area contributed by atoms with Crippen molar-refractivity contribution in [3.05, 3.63) is 84.9 Å². The Morgan fingerprint density at radius 2 is 1.14 bits per heavy atom. The number of nitrogens with zero attached hydrogens (tertiary/aromatic N) is 2. The van der Waals surface area contributed by atoms with Gasteiger partial charge >= 0.3 is 0 Å². The highest BCUT2D eigenvalue weighted by molar-refractivity contribution is 7.90. The van der Waals surface area contributed by atoms with Gasteiger partial charge in [0.05, 0.1) is 27.8 Å². The molecule has 4 nitrogen and oxygen atoms in total. The van der Waals surface area contributed by atoms with Gasteiger partial charge in [-0.1, -0.05) is 60.7 Å². The predicted molar refractivity (Wildman–Crippen MR) is 116 cm³/mol. The van der Waals surface area contributed by atoms with E-state index in [-0.39, 0.29) is 0 Å². The highest BCUT2D eigenvalue weighted by Crippen LogP contribution is 2.44. The van der Waals surface area contributed by atoms with Crippen LogP contribution in [0.5, 0.6) is 0 Å². The van der Waals surface area contributed by atoms with E-state index in [1.54, 1.807) is 6.07 Å². The summed E-state index contributed by atoms with van der Waals surface area (Å²) >= 11 is 0. The summed E-state index contributed by atoms with van der Waals surface area (Å²) in [5.74, 6) is 0. The topological polar surface area (TPSA) is 44.0 Å². The lowest BCUT2D eigenvalue weighted by Gasteiger charge is -2.08. The molecule has 0 atom stereocenters. The van der Waals surface area contributed by atoms with E-state index in [0.29, 0.717) is 10.4 Å². The minimum Gasteiger partial charge on any atom is -0.306 e. The van der Waals surface area contributed by atoms with Crippen LogP contribution < -0.4 is 0 Å². The monoisotopic (exact) mass is 394 g/mol. The number of rotatable bonds is 0. The first kappa shape index (κ1) is 15.4. The summed E-state index contributed by atoms with van der Waals surface area (Å²) in [5.41, 5.74) is 4.08. The molecular formula is C24H14N2O2S. The molecule has 0 bridgehead atoms. The summed E-state index contributed by atoms with van der Waals surface area (Å²) in [5, 5.41) is 3.90. The fraction of sp³-hybridized carbons (Fsp3) is 0. The molecule has 0 N–H and O–H groups in total. The van der Waals surface area contributed by atoms with Gasteiger partial charge in [-0.15, -0.1) is 0 Å². The minimum atomic E-state index is -3.79. The SMILES string of the molecule is O=S1(=O)c2cccc3c4ccccc4n(c23)-c2cccc3c4ccccc4n1c23. The third kappa shape index (κ3) is 1.65. The first-order chi connectivity index (χ1) is 14.2. The van der Waals surface area contributed by atoms with Crippen LogP contribution in [0.4, 0.5) is 0 Å². The molecule has 0 fully saturated rings. The number of benzene rings is 4. The van der Waals surface area contributed by atoms with Crippen LogP contribution in [0.2, 0.25) is 0 Å². The molecule has 1 aliphatic heterocycles. The summed E-state index contributed by atoms with van der Waals surface area (Å²) in [7, 11) is -3.79. The van der Waals surface area contributed by atoms with Crippen molar-refractivity contribution in [3.63, 3.8) is 0 Å². The largest absolute Gasteiger partial charge is 0.306 e. The lowest BCUT2D eigenvalue weighted by molar-refractivity contribution is 0.591. The van der Waals surface area contributed by atoms with Crippen molar-refractivity contribution < 1.29 is 8.42 Å². The Kier molecular flexibility index (Phi) is 2.58. The second-order valence-electron chi connectivity index (χ2n) is 7.46. The Morgan fingerprint density at radius 3 is 1.93 bits per heavy atom. The highest BCUT2D eigenvalue weighted by Gasteiger charge is 2.32. The number of hydrogen-bond acceptors (Lipinski definition) is 2. The molecule has 2 aromatic heterocycles. The molecule has 1 aliphatic rings. The van der Waals surface area contributed by atoms with Gasteiger partial charge in [-0.05, 0) is 24.3 Å². The van der Waals surface area contributed by atoms with Gasteiger partial charge in [-0.25, -0.2) is 12.4 Å². The van der Waals surface area contributed by atoms with Gasteiger partial charge in [-0.3, -0.25) is 0 Å². The van der Waals surface area contributed by atoms with E-state index in [0.717, 1.165) is 43.8 Å². The molecule has 0 aliphatic carbocycles. The van der Waals surface area contributed by atoms with Gasteiger partial charge in [0.25, 0.3) is 10.0 Å². The number of para-hydroxylation sites is 4. The van der Waals surface area contributed by atoms with Crippen molar-refractivity contribution in [2.75, 3.05) is 0 Å². The van der Waals surface area contributed by atoms with Crippen LogP contribution in [0.3, 0.4) is 0 Å². The molecule has 29 heavy (non-hydrogen) atoms. The molecule has 6 aromatic rings. The number of hydrogen-bond donors (Lipinski definition) is 0. The van der Waals surface area contributed by atoms with Crippen molar-refractivity contribution in [1.82, 2.24) is 8.54 Å². The van der Waals surface area contributed by atoms with Crippen LogP contribution in [-0.4, -0.2) is 17.0 Å². The Labute approximate surface area is 166 Å². The zero-order chi connectivity index (χ0) is 19.3. The number of fused-ring (bicyclic) bond motifs is 7. The molecule has 138 valence electrons. The van der Waals surface area contributed by atoms with Gasteiger partial charge < -0.3 is 4.57 Å². The van der Waals surface area contributed by atoms with E-state index in [9.17, 15) is 8.42 Å². The highest BCUT2D eigenvalue weighted by atomic mass is 32.2. The molecular weight excluding hydrogens is 380 g/mol. The smallest absolute Gasteiger partial charge is 0.270 e. The molecule has 7 rings (SSSR count). The Bertz CT molecular complexity index is 1770. The van der Waals surface area contributed by atoms with Crippen LogP contribution in [0.25, 0.3) is 49.3 Å². The van der Waals surface area contributed by atoms with E-state index in [1.807, 2.05) is 66.7 Å². The molecule has 0 radical (unpaired) electrons. The van der Waals surface area contributed by atoms with Gasteiger partial charge in [0.15, 0.2) is 0 Å². The summed E-state index contributed by atoms with van der Waals surface area (Å²) in [6, 6.07) is 27.4. The van der Waals surface area contributed by atoms with Gasteiger partial charge in [0.2, 0.25) is 0 Å². The van der Waals surface area contributed by atoms with Crippen LogP contribution in [0.15, 0.2) is 89.8 Å². The summed E-state index contributed by atoms with van der Waals surface area (Å²) in [6.07, 6.45) is 0. The lowest BCUT2D eigenvalue weighted by Crippen LogP contribution is -2.12. The molecule has 4 aromatic carbocycles. The maximum absolute atomic E-state index is 14.0. The Balaban J connectivity index is 1.91. The van der Waals surface area contributed by atoms with E-state index in [2.05, 4.69) is 16.7 Å². The maximum Gasteiger partial charge on any atom is 0.270 e. The van der Waals surface area contributed by atoms with Gasteiger partial charge in [0.1, 0.15) is 4.90 Å². The fourth-order valence-corrected chi connectivity index (χ4v) is 6.68. The molecule has 0 spiro atoms. The van der Waals surface area contributed by atoms with Gasteiger partial charge in [-0.2, -0.15) is 0 Å². The van der Waals surface area contributed by atoms with Crippen LogP contribution in [0.1, 0.15) is 0 Å². The zero-order valence-electron chi connectivity index (χ0n) is 15.2. The standard InChI is InChI=1S/C24H14N2O2S/c27-29(28)22-14-6-10-18-15-7-1-3-11-19(15)25(24(18)22)21-13-5-9-17-16-8-2-4-12-20(16)26(29)23(17)21/h1-14H. The third-order valence-corrected chi connectivity index (χ3v) is 7.79. The zero-order valence-corrected chi connectivity index (χ0v) is 16.0. The lowest BCUT2D eigenvalue weighted by atomic mass is 10.1. The molecule has 0 unspecified atom stereocenters. The van der Waals surface area contributed by atoms with E-state index < -0.39 is 10.0 Å². The molecule has 0 saturated carbocycles. The van der Waals surface area contributed by atoms with Crippen molar-refractivity contribution in [1.29, 1.82) is 0 Å². The van der Waals surface area contributed by atoms with Gasteiger partial charge in [0, 0.05) is 21.5 Å². The summed E-state index contributed by atoms with van der Waals surface area (Å²) in [6.45, 7) is 0. The minimum absolute atomic E-state index is 0.338. The second-order valence-corrected chi connectivity index (χ2v) is 9.22. The normalized spacial score (nSPS) is 14.8. The average molecular weight is 394 g/mol. The van der Waals surface area contributed by atoms with Crippen molar-refractivity contribution >= 4 is 53.6 Å². The van der Waals surface area contributed by atoms with Crippen LogP contribution in [0, 0.1) is 0 Å². The van der Waals surface area contributed by atoms with E-state index >= 15 is 0 Å². The third-order valence-electron chi connectivity index (χ3n) is 6.05. The van der Waals surface area contributed by atoms with E-state index in [4.69, 9.17) is 0 Å². The maximum atomic E-state index is 14.0. The molecule has 0 amide bonds. The van der Waals surface area contributed by atoms with E-state index in [1.165, 1.54) is 3.97 Å². The van der Waals surface area contributed by atoms with Crippen LogP contribution >= 0.6 is 0 Å². The average Bonchev–Trinajstić information content (AvgIpc) is 3.24. The van der Waals surface area contributed by atoms with Crippen LogP contribution in [-0.2, 0) is 10.0 Å². The Hall–Kier alpha value is -3.57. The molecule has 5 heteroatoms. The predicted octanol–water partition coefficient (Wildman–Crippen LogP) is 5.44. The second kappa shape index (κ2) is 4.88. The summed E-state index contributed by atoms with van der Waals surface area (Å²) < 4.78 is 31.6. The van der Waals surface area contributed by atoms with Crippen molar-refractivity contribution in [3.8, 4) is 5.69 Å². The Morgan fingerprint density at radius 1 is 0.552 bits per heavy atom. The first-order valence-corrected chi connectivity index (χ1v) is 10.9. The number of aromatic nitrogens is 2. The first-order valence-electron chi connectivity index (χ1n) is 9.48. The fourth-order valence-electron chi connectivity index (χ4n) is 4.94. The van der Waals surface area contributed by atoms with Crippen molar-refractivity contribution in [2.45, 2.75) is 4.90 Å². The van der Waals surface area contributed by atoms with Crippen molar-refractivity contribution in [2.24, 2.45) is 0 Å². The summed E-state index contributed by atoms with van der Waals surface area (Å²) in [4.78, 5) is 0.338. The quantitative estimate of drug-likeness (QED) is 0.344. The molecule has 3 heterocycles. The molecule has 0 saturated heterocycles.